The first-order valence-electron chi connectivity index (χ1n) is 10.7. The number of nitrogens with zero attached hydrogens (tertiary/aromatic N) is 1. The minimum absolute atomic E-state index is 0.396. The zero-order chi connectivity index (χ0) is 22.3. The molecule has 0 unspecified atom stereocenters. The van der Waals surface area contributed by atoms with Crippen LogP contribution >= 0.6 is 23.8 Å². The highest BCUT2D eigenvalue weighted by Crippen LogP contribution is 2.27. The van der Waals surface area contributed by atoms with Gasteiger partial charge in [0.05, 0.1) is 11.8 Å². The predicted molar refractivity (Wildman–Crippen MR) is 134 cm³/mol. The van der Waals surface area contributed by atoms with Gasteiger partial charge in [-0.05, 0) is 66.2 Å². The van der Waals surface area contributed by atoms with E-state index in [4.69, 9.17) is 28.6 Å². The van der Waals surface area contributed by atoms with Crippen molar-refractivity contribution < 1.29 is 9.53 Å². The number of carbonyl (C=O) groups excluding carboxylic acids is 1. The molecule has 4 rings (SSSR count). The fraction of sp³-hybridized carbons (Fsp3) is 0.240. The average molecular weight is 466 g/mol. The summed E-state index contributed by atoms with van der Waals surface area (Å²) in [6.45, 7) is 0. The van der Waals surface area contributed by atoms with Crippen molar-refractivity contribution in [2.24, 2.45) is 5.10 Å². The van der Waals surface area contributed by atoms with Crippen molar-refractivity contribution >= 4 is 51.9 Å². The normalized spacial score (nSPS) is 14.4. The average Bonchev–Trinajstić information content (AvgIpc) is 2.81. The summed E-state index contributed by atoms with van der Waals surface area (Å²) in [4.78, 5) is 12.7. The SMILES string of the molecule is O=C(Oc1ccc2ccccc2c1/C=N/NC(=S)NC1CCCCC1)c1ccc(Cl)cc1. The zero-order valence-corrected chi connectivity index (χ0v) is 19.1. The molecule has 7 heteroatoms. The summed E-state index contributed by atoms with van der Waals surface area (Å²) in [6, 6.07) is 18.5. The number of carbonyl (C=O) groups is 1. The van der Waals surface area contributed by atoms with E-state index in [0.717, 1.165) is 23.6 Å². The van der Waals surface area contributed by atoms with Gasteiger partial charge >= 0.3 is 5.97 Å². The molecule has 32 heavy (non-hydrogen) atoms. The van der Waals surface area contributed by atoms with Gasteiger partial charge in [0.15, 0.2) is 5.11 Å². The molecule has 0 bridgehead atoms. The third-order valence-corrected chi connectivity index (χ3v) is 5.97. The molecular formula is C25H24ClN3O2S. The molecule has 2 N–H and O–H groups in total. The molecule has 0 spiro atoms. The van der Waals surface area contributed by atoms with Gasteiger partial charge in [0.1, 0.15) is 5.75 Å². The van der Waals surface area contributed by atoms with Crippen LogP contribution in [0.5, 0.6) is 5.75 Å². The van der Waals surface area contributed by atoms with Crippen molar-refractivity contribution in [2.75, 3.05) is 0 Å². The minimum atomic E-state index is -0.464. The molecule has 1 aliphatic rings. The number of hydrogen-bond donors (Lipinski definition) is 2. The first-order chi connectivity index (χ1) is 15.6. The molecule has 3 aromatic rings. The van der Waals surface area contributed by atoms with Crippen LogP contribution in [-0.2, 0) is 0 Å². The van der Waals surface area contributed by atoms with E-state index in [1.54, 1.807) is 36.5 Å². The fourth-order valence-electron chi connectivity index (χ4n) is 3.86. The molecule has 1 fully saturated rings. The van der Waals surface area contributed by atoms with Crippen molar-refractivity contribution in [3.63, 3.8) is 0 Å². The van der Waals surface area contributed by atoms with Gasteiger partial charge in [0.25, 0.3) is 0 Å². The number of thiocarbonyl (C=S) groups is 1. The van der Waals surface area contributed by atoms with Gasteiger partial charge < -0.3 is 10.1 Å². The second kappa shape index (κ2) is 10.6. The number of hydrogen-bond acceptors (Lipinski definition) is 4. The van der Waals surface area contributed by atoms with E-state index in [1.807, 2.05) is 30.3 Å². The standard InChI is InChI=1S/C25H24ClN3O2S/c26-19-13-10-18(11-14-19)24(30)31-23-15-12-17-6-4-5-9-21(17)22(23)16-27-29-25(32)28-20-7-2-1-3-8-20/h4-6,9-16,20H,1-3,7-8H2,(H2,28,29,32)/b27-16+. The summed E-state index contributed by atoms with van der Waals surface area (Å²) in [6.07, 6.45) is 7.62. The zero-order valence-electron chi connectivity index (χ0n) is 17.5. The Hall–Kier alpha value is -2.96. The van der Waals surface area contributed by atoms with E-state index in [0.29, 0.717) is 33.1 Å². The Bertz CT molecular complexity index is 1140. The van der Waals surface area contributed by atoms with Crippen LogP contribution in [0.3, 0.4) is 0 Å². The first kappa shape index (κ1) is 22.2. The Morgan fingerprint density at radius 1 is 1.03 bits per heavy atom. The van der Waals surface area contributed by atoms with Gasteiger partial charge in [-0.1, -0.05) is 61.2 Å². The van der Waals surface area contributed by atoms with E-state index >= 15 is 0 Å². The van der Waals surface area contributed by atoms with Gasteiger partial charge in [0.2, 0.25) is 0 Å². The second-order valence-electron chi connectivity index (χ2n) is 7.77. The van der Waals surface area contributed by atoms with Crippen LogP contribution in [-0.4, -0.2) is 23.3 Å². The van der Waals surface area contributed by atoms with Gasteiger partial charge in [-0.15, -0.1) is 0 Å². The maximum absolute atomic E-state index is 12.7. The van der Waals surface area contributed by atoms with Gasteiger partial charge in [-0.2, -0.15) is 5.10 Å². The first-order valence-corrected chi connectivity index (χ1v) is 11.5. The molecular weight excluding hydrogens is 442 g/mol. The van der Waals surface area contributed by atoms with Crippen LogP contribution in [0.1, 0.15) is 48.0 Å². The van der Waals surface area contributed by atoms with Crippen LogP contribution in [0, 0.1) is 0 Å². The number of hydrazone groups is 1. The molecule has 3 aromatic carbocycles. The maximum Gasteiger partial charge on any atom is 0.343 e. The summed E-state index contributed by atoms with van der Waals surface area (Å²) in [7, 11) is 0. The monoisotopic (exact) mass is 465 g/mol. The highest BCUT2D eigenvalue weighted by Gasteiger charge is 2.15. The topological polar surface area (TPSA) is 62.7 Å². The lowest BCUT2D eigenvalue weighted by atomic mass is 9.96. The molecule has 1 saturated carbocycles. The Labute approximate surface area is 197 Å². The van der Waals surface area contributed by atoms with E-state index in [9.17, 15) is 4.79 Å². The Balaban J connectivity index is 1.53. The molecule has 0 saturated heterocycles. The third-order valence-electron chi connectivity index (χ3n) is 5.51. The van der Waals surface area contributed by atoms with Gasteiger partial charge in [-0.3, -0.25) is 5.43 Å². The molecule has 5 nitrogen and oxygen atoms in total. The Morgan fingerprint density at radius 2 is 1.78 bits per heavy atom. The summed E-state index contributed by atoms with van der Waals surface area (Å²) in [5.74, 6) is -0.0469. The number of esters is 1. The number of benzene rings is 3. The van der Waals surface area contributed by atoms with Crippen LogP contribution in [0.25, 0.3) is 10.8 Å². The lowest BCUT2D eigenvalue weighted by Crippen LogP contribution is -2.40. The molecule has 164 valence electrons. The summed E-state index contributed by atoms with van der Waals surface area (Å²) in [5.41, 5.74) is 4.01. The smallest absolute Gasteiger partial charge is 0.343 e. The summed E-state index contributed by atoms with van der Waals surface area (Å²) < 4.78 is 5.71. The number of fused-ring (bicyclic) bond motifs is 1. The van der Waals surface area contributed by atoms with Gasteiger partial charge in [-0.25, -0.2) is 4.79 Å². The number of ether oxygens (including phenoxy) is 1. The van der Waals surface area contributed by atoms with Crippen LogP contribution in [0.15, 0.2) is 65.8 Å². The molecule has 0 aliphatic heterocycles. The van der Waals surface area contributed by atoms with Crippen molar-refractivity contribution in [3.8, 4) is 5.75 Å². The molecule has 0 heterocycles. The van der Waals surface area contributed by atoms with Crippen molar-refractivity contribution in [1.82, 2.24) is 10.7 Å². The van der Waals surface area contributed by atoms with Crippen molar-refractivity contribution in [3.05, 3.63) is 76.8 Å². The van der Waals surface area contributed by atoms with Crippen LogP contribution < -0.4 is 15.5 Å². The quantitative estimate of drug-likeness (QED) is 0.163. The van der Waals surface area contributed by atoms with Gasteiger partial charge in [0, 0.05) is 16.6 Å². The minimum Gasteiger partial charge on any atom is -0.422 e. The highest BCUT2D eigenvalue weighted by molar-refractivity contribution is 7.80. The molecule has 0 aromatic heterocycles. The predicted octanol–water partition coefficient (Wildman–Crippen LogP) is 5.84. The number of rotatable bonds is 5. The second-order valence-corrected chi connectivity index (χ2v) is 8.62. The highest BCUT2D eigenvalue weighted by atomic mass is 35.5. The van der Waals surface area contributed by atoms with E-state index in [1.165, 1.54) is 19.3 Å². The maximum atomic E-state index is 12.7. The molecule has 0 amide bonds. The third kappa shape index (κ3) is 5.64. The van der Waals surface area contributed by atoms with E-state index < -0.39 is 5.97 Å². The number of nitrogens with one attached hydrogen (secondary N) is 2. The summed E-state index contributed by atoms with van der Waals surface area (Å²) in [5, 5.41) is 10.6. The largest absolute Gasteiger partial charge is 0.422 e. The Kier molecular flexibility index (Phi) is 7.35. The van der Waals surface area contributed by atoms with Crippen molar-refractivity contribution in [2.45, 2.75) is 38.1 Å². The van der Waals surface area contributed by atoms with E-state index in [2.05, 4.69) is 15.8 Å². The molecule has 1 aliphatic carbocycles. The van der Waals surface area contributed by atoms with Crippen LogP contribution in [0.4, 0.5) is 0 Å². The van der Waals surface area contributed by atoms with E-state index in [-0.39, 0.29) is 0 Å². The lowest BCUT2D eigenvalue weighted by molar-refractivity contribution is 0.0735. The molecule has 0 radical (unpaired) electrons. The Morgan fingerprint density at radius 3 is 2.56 bits per heavy atom. The fourth-order valence-corrected chi connectivity index (χ4v) is 4.21. The summed E-state index contributed by atoms with van der Waals surface area (Å²) >= 11 is 11.3. The molecule has 0 atom stereocenters. The lowest BCUT2D eigenvalue weighted by Gasteiger charge is -2.23. The number of halogens is 1. The van der Waals surface area contributed by atoms with Crippen molar-refractivity contribution in [1.29, 1.82) is 0 Å². The van der Waals surface area contributed by atoms with Crippen LogP contribution in [0.2, 0.25) is 5.02 Å².